The van der Waals surface area contributed by atoms with Crippen LogP contribution in [0.5, 0.6) is 5.75 Å². The number of rotatable bonds is 2. The van der Waals surface area contributed by atoms with Gasteiger partial charge in [0.1, 0.15) is 11.6 Å². The first kappa shape index (κ1) is 13.6. The molecular weight excluding hydrogens is 253 g/mol. The van der Waals surface area contributed by atoms with Crippen LogP contribution in [0.25, 0.3) is 0 Å². The highest BCUT2D eigenvalue weighted by atomic mass is 35.5. The highest BCUT2D eigenvalue weighted by molar-refractivity contribution is 6.32. The summed E-state index contributed by atoms with van der Waals surface area (Å²) in [7, 11) is 1.55. The Morgan fingerprint density at radius 1 is 1.33 bits per heavy atom. The summed E-state index contributed by atoms with van der Waals surface area (Å²) < 4.78 is 19.2. The SMILES string of the molecule is COc1c(Cl)cc(F)c(C)c1C1(N)CCCCC1. The minimum Gasteiger partial charge on any atom is -0.495 e. The molecule has 1 aliphatic rings. The molecule has 100 valence electrons. The van der Waals surface area contributed by atoms with Crippen molar-refractivity contribution in [3.63, 3.8) is 0 Å². The second-order valence-electron chi connectivity index (χ2n) is 5.09. The van der Waals surface area contributed by atoms with Crippen LogP contribution in [-0.4, -0.2) is 7.11 Å². The number of nitrogens with two attached hydrogens (primary N) is 1. The van der Waals surface area contributed by atoms with Gasteiger partial charge in [0.2, 0.25) is 0 Å². The number of benzene rings is 1. The number of hydrogen-bond donors (Lipinski definition) is 1. The van der Waals surface area contributed by atoms with E-state index >= 15 is 0 Å². The van der Waals surface area contributed by atoms with Gasteiger partial charge in [0.05, 0.1) is 12.1 Å². The third kappa shape index (κ3) is 2.21. The van der Waals surface area contributed by atoms with Crippen molar-refractivity contribution in [2.24, 2.45) is 5.73 Å². The zero-order chi connectivity index (χ0) is 13.3. The van der Waals surface area contributed by atoms with Gasteiger partial charge in [-0.3, -0.25) is 0 Å². The summed E-state index contributed by atoms with van der Waals surface area (Å²) in [5, 5.41) is 0.297. The monoisotopic (exact) mass is 271 g/mol. The van der Waals surface area contributed by atoms with Crippen LogP contribution in [0.2, 0.25) is 5.02 Å². The lowest BCUT2D eigenvalue weighted by Crippen LogP contribution is -2.39. The van der Waals surface area contributed by atoms with E-state index in [0.717, 1.165) is 31.2 Å². The Morgan fingerprint density at radius 3 is 2.50 bits per heavy atom. The lowest BCUT2D eigenvalue weighted by Gasteiger charge is -2.36. The highest BCUT2D eigenvalue weighted by Gasteiger charge is 2.35. The van der Waals surface area contributed by atoms with E-state index in [-0.39, 0.29) is 5.82 Å². The lowest BCUT2D eigenvalue weighted by atomic mass is 9.75. The van der Waals surface area contributed by atoms with E-state index < -0.39 is 5.54 Å². The zero-order valence-electron chi connectivity index (χ0n) is 10.9. The molecule has 2 nitrogen and oxygen atoms in total. The summed E-state index contributed by atoms with van der Waals surface area (Å²) in [6.45, 7) is 1.74. The molecular formula is C14H19ClFNO. The van der Waals surface area contributed by atoms with Gasteiger partial charge < -0.3 is 10.5 Å². The molecule has 2 N–H and O–H groups in total. The summed E-state index contributed by atoms with van der Waals surface area (Å²) in [6, 6.07) is 1.30. The molecule has 2 rings (SSSR count). The third-order valence-electron chi connectivity index (χ3n) is 3.88. The fourth-order valence-corrected chi connectivity index (χ4v) is 3.19. The third-order valence-corrected chi connectivity index (χ3v) is 4.16. The molecule has 0 atom stereocenters. The van der Waals surface area contributed by atoms with E-state index in [4.69, 9.17) is 22.1 Å². The average molecular weight is 272 g/mol. The number of methoxy groups -OCH3 is 1. The number of ether oxygens (including phenoxy) is 1. The van der Waals surface area contributed by atoms with Crippen molar-refractivity contribution in [1.82, 2.24) is 0 Å². The molecule has 0 saturated heterocycles. The highest BCUT2D eigenvalue weighted by Crippen LogP contribution is 2.44. The van der Waals surface area contributed by atoms with Gasteiger partial charge in [-0.05, 0) is 31.4 Å². The van der Waals surface area contributed by atoms with Crippen molar-refractivity contribution < 1.29 is 9.13 Å². The van der Waals surface area contributed by atoms with Gasteiger partial charge in [-0.2, -0.15) is 0 Å². The van der Waals surface area contributed by atoms with Crippen molar-refractivity contribution in [2.75, 3.05) is 7.11 Å². The fourth-order valence-electron chi connectivity index (χ4n) is 2.93. The molecule has 1 saturated carbocycles. The average Bonchev–Trinajstić information content (AvgIpc) is 2.34. The second-order valence-corrected chi connectivity index (χ2v) is 5.50. The second kappa shape index (κ2) is 5.06. The molecule has 1 aliphatic carbocycles. The lowest BCUT2D eigenvalue weighted by molar-refractivity contribution is 0.286. The van der Waals surface area contributed by atoms with Gasteiger partial charge in [-0.15, -0.1) is 0 Å². The largest absolute Gasteiger partial charge is 0.495 e. The molecule has 1 aromatic rings. The van der Waals surface area contributed by atoms with Crippen LogP contribution in [0, 0.1) is 12.7 Å². The van der Waals surface area contributed by atoms with Gasteiger partial charge in [0.15, 0.2) is 0 Å². The topological polar surface area (TPSA) is 35.2 Å². The first-order valence-electron chi connectivity index (χ1n) is 6.31. The van der Waals surface area contributed by atoms with Gasteiger partial charge in [0.25, 0.3) is 0 Å². The van der Waals surface area contributed by atoms with Crippen molar-refractivity contribution in [2.45, 2.75) is 44.6 Å². The maximum absolute atomic E-state index is 13.9. The van der Waals surface area contributed by atoms with Gasteiger partial charge in [-0.25, -0.2) is 4.39 Å². The standard InChI is InChI=1S/C14H19ClFNO/c1-9-11(16)8-10(15)13(18-2)12(9)14(17)6-4-3-5-7-14/h8H,3-7,17H2,1-2H3. The molecule has 0 amide bonds. The van der Waals surface area contributed by atoms with E-state index in [0.29, 0.717) is 16.3 Å². The number of halogens is 2. The molecule has 0 heterocycles. The Bertz CT molecular complexity index is 456. The molecule has 18 heavy (non-hydrogen) atoms. The fraction of sp³-hybridized carbons (Fsp3) is 0.571. The Kier molecular flexibility index (Phi) is 3.83. The van der Waals surface area contributed by atoms with Gasteiger partial charge >= 0.3 is 0 Å². The van der Waals surface area contributed by atoms with Crippen molar-refractivity contribution in [1.29, 1.82) is 0 Å². The van der Waals surface area contributed by atoms with Gasteiger partial charge in [0, 0.05) is 11.1 Å². The maximum atomic E-state index is 13.9. The minimum absolute atomic E-state index is 0.297. The van der Waals surface area contributed by atoms with Crippen molar-refractivity contribution in [3.8, 4) is 5.75 Å². The van der Waals surface area contributed by atoms with Crippen LogP contribution < -0.4 is 10.5 Å². The van der Waals surface area contributed by atoms with E-state index in [9.17, 15) is 4.39 Å². The molecule has 0 radical (unpaired) electrons. The molecule has 0 spiro atoms. The summed E-state index contributed by atoms with van der Waals surface area (Å²) in [6.07, 6.45) is 5.01. The van der Waals surface area contributed by atoms with Crippen LogP contribution in [0.4, 0.5) is 4.39 Å². The first-order valence-corrected chi connectivity index (χ1v) is 6.69. The summed E-state index contributed by atoms with van der Waals surface area (Å²) in [5.41, 5.74) is 7.28. The summed E-state index contributed by atoms with van der Waals surface area (Å²) in [5.74, 6) is 0.214. The Balaban J connectivity index is 2.60. The zero-order valence-corrected chi connectivity index (χ0v) is 11.6. The Morgan fingerprint density at radius 2 is 1.94 bits per heavy atom. The van der Waals surface area contributed by atoms with Crippen molar-refractivity contribution in [3.05, 3.63) is 28.0 Å². The predicted octanol–water partition coefficient (Wildman–Crippen LogP) is 3.91. The molecule has 1 fully saturated rings. The molecule has 0 aliphatic heterocycles. The molecule has 0 aromatic heterocycles. The predicted molar refractivity (Wildman–Crippen MR) is 71.6 cm³/mol. The van der Waals surface area contributed by atoms with Crippen LogP contribution in [0.15, 0.2) is 6.07 Å². The van der Waals surface area contributed by atoms with Crippen LogP contribution in [-0.2, 0) is 5.54 Å². The van der Waals surface area contributed by atoms with Crippen LogP contribution >= 0.6 is 11.6 Å². The smallest absolute Gasteiger partial charge is 0.142 e. The van der Waals surface area contributed by atoms with E-state index in [1.165, 1.54) is 12.5 Å². The minimum atomic E-state index is -0.514. The normalized spacial score (nSPS) is 18.7. The van der Waals surface area contributed by atoms with E-state index in [1.54, 1.807) is 14.0 Å². The Labute approximate surface area is 112 Å². The molecule has 4 heteroatoms. The summed E-state index contributed by atoms with van der Waals surface area (Å²) in [4.78, 5) is 0. The first-order chi connectivity index (χ1) is 8.49. The maximum Gasteiger partial charge on any atom is 0.142 e. The molecule has 0 bridgehead atoms. The molecule has 0 unspecified atom stereocenters. The van der Waals surface area contributed by atoms with E-state index in [2.05, 4.69) is 0 Å². The van der Waals surface area contributed by atoms with Crippen LogP contribution in [0.1, 0.15) is 43.2 Å². The van der Waals surface area contributed by atoms with Crippen LogP contribution in [0.3, 0.4) is 0 Å². The molecule has 1 aromatic carbocycles. The summed E-state index contributed by atoms with van der Waals surface area (Å²) >= 11 is 6.07. The quantitative estimate of drug-likeness (QED) is 0.885. The van der Waals surface area contributed by atoms with E-state index in [1.807, 2.05) is 0 Å². The van der Waals surface area contributed by atoms with Gasteiger partial charge in [-0.1, -0.05) is 30.9 Å². The number of hydrogen-bond acceptors (Lipinski definition) is 2. The van der Waals surface area contributed by atoms with Crippen molar-refractivity contribution >= 4 is 11.6 Å². The Hall–Kier alpha value is -0.800.